The van der Waals surface area contributed by atoms with Gasteiger partial charge in [-0.25, -0.2) is 4.79 Å². The van der Waals surface area contributed by atoms with E-state index in [-0.39, 0.29) is 46.9 Å². The second kappa shape index (κ2) is 15.3. The van der Waals surface area contributed by atoms with E-state index >= 15 is 0 Å². The lowest BCUT2D eigenvalue weighted by Crippen LogP contribution is -2.55. The van der Waals surface area contributed by atoms with Gasteiger partial charge >= 0.3 is 6.09 Å². The molecule has 7 nitrogen and oxygen atoms in total. The van der Waals surface area contributed by atoms with Crippen molar-refractivity contribution < 1.29 is 28.7 Å². The number of aliphatic hydroxyl groups is 1. The average Bonchev–Trinajstić information content (AvgIpc) is 2.89. The van der Waals surface area contributed by atoms with Gasteiger partial charge in [-0.1, -0.05) is 70.5 Å². The summed E-state index contributed by atoms with van der Waals surface area (Å²) in [5, 5.41) is 11.5. The van der Waals surface area contributed by atoms with E-state index in [2.05, 4.69) is 33.9 Å². The van der Waals surface area contributed by atoms with Gasteiger partial charge in [-0.05, 0) is 103 Å². The molecule has 1 aromatic carbocycles. The first-order chi connectivity index (χ1) is 20.9. The molecule has 46 heavy (non-hydrogen) atoms. The zero-order valence-corrected chi connectivity index (χ0v) is 32.2. The van der Waals surface area contributed by atoms with E-state index in [0.29, 0.717) is 19.3 Å². The van der Waals surface area contributed by atoms with Crippen LogP contribution in [0.2, 0.25) is 18.1 Å². The van der Waals surface area contributed by atoms with Gasteiger partial charge in [0.15, 0.2) is 14.1 Å². The van der Waals surface area contributed by atoms with Crippen LogP contribution in [0.25, 0.3) is 0 Å². The predicted molar refractivity (Wildman–Crippen MR) is 189 cm³/mol. The van der Waals surface area contributed by atoms with Crippen LogP contribution in [0.1, 0.15) is 120 Å². The fourth-order valence-electron chi connectivity index (χ4n) is 6.33. The van der Waals surface area contributed by atoms with Crippen LogP contribution in [0.15, 0.2) is 42.0 Å². The molecule has 0 radical (unpaired) electrons. The van der Waals surface area contributed by atoms with Gasteiger partial charge in [-0.3, -0.25) is 14.5 Å². The number of allylic oxidation sites excluding steroid dienone is 2. The van der Waals surface area contributed by atoms with Crippen molar-refractivity contribution >= 4 is 26.0 Å². The molecule has 0 heterocycles. The molecule has 2 rings (SSSR count). The Kier molecular flexibility index (Phi) is 13.3. The molecule has 1 amide bonds. The normalized spacial score (nSPS) is 24.4. The fourth-order valence-corrected chi connectivity index (χ4v) is 7.71. The molecule has 1 aliphatic carbocycles. The molecule has 0 spiro atoms. The maximum Gasteiger partial charge on any atom is 0.411 e. The highest BCUT2D eigenvalue weighted by Gasteiger charge is 2.50. The molecule has 8 heteroatoms. The molecule has 7 atom stereocenters. The lowest BCUT2D eigenvalue weighted by molar-refractivity contribution is -0.139. The molecule has 0 aromatic heterocycles. The van der Waals surface area contributed by atoms with E-state index in [4.69, 9.17) is 9.16 Å². The smallest absolute Gasteiger partial charge is 0.411 e. The van der Waals surface area contributed by atoms with Gasteiger partial charge in [-0.15, -0.1) is 0 Å². The largest absolute Gasteiger partial charge is 0.444 e. The van der Waals surface area contributed by atoms with E-state index in [1.54, 1.807) is 11.0 Å². The van der Waals surface area contributed by atoms with Crippen molar-refractivity contribution in [1.29, 1.82) is 0 Å². The summed E-state index contributed by atoms with van der Waals surface area (Å²) < 4.78 is 12.6. The Labute approximate surface area is 280 Å². The summed E-state index contributed by atoms with van der Waals surface area (Å²) in [6.45, 7) is 27.9. The average molecular weight is 658 g/mol. The Morgan fingerprint density at radius 2 is 1.59 bits per heavy atom. The third-order valence-electron chi connectivity index (χ3n) is 9.95. The van der Waals surface area contributed by atoms with Crippen molar-refractivity contribution in [3.05, 3.63) is 47.5 Å². The van der Waals surface area contributed by atoms with Gasteiger partial charge in [0.1, 0.15) is 11.4 Å². The Morgan fingerprint density at radius 1 is 1.02 bits per heavy atom. The molecule has 0 bridgehead atoms. The number of ether oxygens (including phenoxy) is 1. The van der Waals surface area contributed by atoms with Crippen LogP contribution in [-0.2, 0) is 18.8 Å². The summed E-state index contributed by atoms with van der Waals surface area (Å²) in [6.07, 6.45) is 1.27. The maximum absolute atomic E-state index is 14.0. The lowest BCUT2D eigenvalue weighted by Gasteiger charge is -2.49. The standard InChI is InChI=1S/C38H63NO6Si/c1-25(2)20-33(42)38(12)23-30(34(32(41)24-38)45-46(13,14)37(9,10)11)22-31(40)26(3)21-27(4)39(35(43)44-36(6,7)8)28(5)29-18-16-15-17-19-29/h15-20,26-28,30,32,34,41H,21-24H2,1-14H3/t26?,27-,28+,30-,32+,34-,38-/m0/s1. The molecule has 0 saturated heterocycles. The molecule has 1 unspecified atom stereocenters. The molecule has 0 aliphatic heterocycles. The number of hydrogen-bond donors (Lipinski definition) is 1. The molecule has 1 aliphatic rings. The van der Waals surface area contributed by atoms with Crippen LogP contribution < -0.4 is 0 Å². The minimum absolute atomic E-state index is 0.0145. The predicted octanol–water partition coefficient (Wildman–Crippen LogP) is 9.06. The summed E-state index contributed by atoms with van der Waals surface area (Å²) in [6, 6.07) is 9.29. The van der Waals surface area contributed by atoms with Gasteiger partial charge in [0.25, 0.3) is 0 Å². The van der Waals surface area contributed by atoms with Gasteiger partial charge in [0.2, 0.25) is 0 Å². The number of benzene rings is 1. The highest BCUT2D eigenvalue weighted by molar-refractivity contribution is 6.74. The number of nitrogens with zero attached hydrogens (tertiary/aromatic N) is 1. The van der Waals surface area contributed by atoms with E-state index in [1.807, 2.05) is 92.6 Å². The van der Waals surface area contributed by atoms with Crippen LogP contribution in [0.4, 0.5) is 4.79 Å². The topological polar surface area (TPSA) is 93.1 Å². The van der Waals surface area contributed by atoms with E-state index < -0.39 is 37.6 Å². The van der Waals surface area contributed by atoms with E-state index in [1.165, 1.54) is 0 Å². The van der Waals surface area contributed by atoms with Crippen LogP contribution in [-0.4, -0.2) is 59.8 Å². The summed E-state index contributed by atoms with van der Waals surface area (Å²) in [5.74, 6) is -0.647. The second-order valence-electron chi connectivity index (χ2n) is 16.9. The first kappa shape index (κ1) is 39.9. The van der Waals surface area contributed by atoms with Crippen LogP contribution in [0.5, 0.6) is 0 Å². The number of carbonyl (C=O) groups is 3. The van der Waals surface area contributed by atoms with Crippen molar-refractivity contribution in [3.63, 3.8) is 0 Å². The number of carbonyl (C=O) groups excluding carboxylic acids is 3. The summed E-state index contributed by atoms with van der Waals surface area (Å²) in [7, 11) is -2.30. The Bertz CT molecular complexity index is 1230. The molecule has 1 fully saturated rings. The number of amides is 1. The second-order valence-corrected chi connectivity index (χ2v) is 21.6. The van der Waals surface area contributed by atoms with Crippen LogP contribution in [0.3, 0.4) is 0 Å². The van der Waals surface area contributed by atoms with Crippen molar-refractivity contribution in [2.45, 2.75) is 157 Å². The van der Waals surface area contributed by atoms with E-state index in [9.17, 15) is 19.5 Å². The molecule has 260 valence electrons. The fraction of sp³-hybridized carbons (Fsp3) is 0.711. The number of aliphatic hydroxyl groups excluding tert-OH is 1. The van der Waals surface area contributed by atoms with Crippen molar-refractivity contribution in [2.24, 2.45) is 17.3 Å². The third kappa shape index (κ3) is 10.6. The van der Waals surface area contributed by atoms with Gasteiger partial charge in [-0.2, -0.15) is 0 Å². The molecule has 1 saturated carbocycles. The number of rotatable bonds is 12. The minimum Gasteiger partial charge on any atom is -0.444 e. The summed E-state index contributed by atoms with van der Waals surface area (Å²) in [4.78, 5) is 42.7. The minimum atomic E-state index is -2.30. The number of hydrogen-bond acceptors (Lipinski definition) is 6. The van der Waals surface area contributed by atoms with Gasteiger partial charge < -0.3 is 14.3 Å². The SMILES string of the molecule is CC(C)=CC(=O)[C@@]1(C)C[C@H](CC(=O)C(C)C[C@H](C)N(C(=O)OC(C)(C)C)[C@H](C)c2ccccc2)[C@H](O[Si](C)(C)C(C)(C)C)[C@H](O)C1. The summed E-state index contributed by atoms with van der Waals surface area (Å²) in [5.41, 5.74) is 0.448. The molecular formula is C38H63NO6Si. The van der Waals surface area contributed by atoms with Gasteiger partial charge in [0, 0.05) is 23.8 Å². The quantitative estimate of drug-likeness (QED) is 0.178. The highest BCUT2D eigenvalue weighted by Crippen LogP contribution is 2.47. The zero-order valence-electron chi connectivity index (χ0n) is 31.2. The molecule has 1 aromatic rings. The van der Waals surface area contributed by atoms with E-state index in [0.717, 1.165) is 11.1 Å². The van der Waals surface area contributed by atoms with Gasteiger partial charge in [0.05, 0.1) is 18.2 Å². The zero-order chi connectivity index (χ0) is 35.4. The maximum atomic E-state index is 14.0. The van der Waals surface area contributed by atoms with Crippen molar-refractivity contribution in [1.82, 2.24) is 4.90 Å². The highest BCUT2D eigenvalue weighted by atomic mass is 28.4. The Hall–Kier alpha value is -2.29. The van der Waals surface area contributed by atoms with Crippen molar-refractivity contribution in [2.75, 3.05) is 0 Å². The Balaban J connectivity index is 2.37. The third-order valence-corrected chi connectivity index (χ3v) is 14.4. The first-order valence-corrected chi connectivity index (χ1v) is 19.9. The monoisotopic (exact) mass is 657 g/mol. The Morgan fingerprint density at radius 3 is 2.09 bits per heavy atom. The number of Topliss-reactive ketones (excluding diaryl/α,β-unsaturated/α-hetero) is 1. The van der Waals surface area contributed by atoms with Crippen molar-refractivity contribution in [3.8, 4) is 0 Å². The van der Waals surface area contributed by atoms with Crippen LogP contribution in [0, 0.1) is 17.3 Å². The van der Waals surface area contributed by atoms with Crippen LogP contribution >= 0.6 is 0 Å². The lowest BCUT2D eigenvalue weighted by atomic mass is 9.64. The molecular weight excluding hydrogens is 595 g/mol. The molecule has 1 N–H and O–H groups in total. The number of ketones is 2. The summed E-state index contributed by atoms with van der Waals surface area (Å²) >= 11 is 0. The first-order valence-electron chi connectivity index (χ1n) is 17.0.